The molecule has 1 aliphatic rings. The predicted octanol–water partition coefficient (Wildman–Crippen LogP) is 2.65. The minimum Gasteiger partial charge on any atom is -0.390 e. The highest BCUT2D eigenvalue weighted by Crippen LogP contribution is 2.24. The van der Waals surface area contributed by atoms with E-state index in [1.165, 1.54) is 17.9 Å². The van der Waals surface area contributed by atoms with Gasteiger partial charge in [0.25, 0.3) is 5.91 Å². The van der Waals surface area contributed by atoms with Crippen LogP contribution in [0.1, 0.15) is 42.1 Å². The summed E-state index contributed by atoms with van der Waals surface area (Å²) >= 11 is 0. The SMILES string of the molecule is Cc1ccc(F)c(C(=O)N2CCCC(C)(O)CC2)c1F. The smallest absolute Gasteiger partial charge is 0.259 e. The van der Waals surface area contributed by atoms with Gasteiger partial charge in [0.1, 0.15) is 17.2 Å². The molecule has 2 rings (SSSR count). The van der Waals surface area contributed by atoms with Crippen LogP contribution < -0.4 is 0 Å². The number of hydrogen-bond donors (Lipinski definition) is 1. The maximum absolute atomic E-state index is 14.0. The van der Waals surface area contributed by atoms with E-state index in [1.54, 1.807) is 6.92 Å². The van der Waals surface area contributed by atoms with Crippen LogP contribution in [0.15, 0.2) is 12.1 Å². The van der Waals surface area contributed by atoms with E-state index in [0.29, 0.717) is 32.4 Å². The van der Waals surface area contributed by atoms with Crippen LogP contribution in [-0.4, -0.2) is 34.6 Å². The number of carbonyl (C=O) groups excluding carboxylic acids is 1. The second-order valence-corrected chi connectivity index (χ2v) is 5.70. The molecule has 1 fully saturated rings. The highest BCUT2D eigenvalue weighted by atomic mass is 19.1. The molecular formula is C15H19F2NO2. The van der Waals surface area contributed by atoms with Crippen molar-refractivity contribution in [3.63, 3.8) is 0 Å². The van der Waals surface area contributed by atoms with Gasteiger partial charge in [0, 0.05) is 13.1 Å². The van der Waals surface area contributed by atoms with Gasteiger partial charge in [0.15, 0.2) is 0 Å². The number of carbonyl (C=O) groups is 1. The molecule has 1 aromatic rings. The molecule has 0 aromatic heterocycles. The fourth-order valence-electron chi connectivity index (χ4n) is 2.48. The molecule has 0 saturated carbocycles. The van der Waals surface area contributed by atoms with E-state index < -0.39 is 28.7 Å². The van der Waals surface area contributed by atoms with Gasteiger partial charge in [-0.05, 0) is 44.7 Å². The first kappa shape index (κ1) is 14.9. The van der Waals surface area contributed by atoms with Crippen LogP contribution in [0.3, 0.4) is 0 Å². The molecule has 1 aliphatic heterocycles. The summed E-state index contributed by atoms with van der Waals surface area (Å²) in [4.78, 5) is 13.7. The third-order valence-corrected chi connectivity index (χ3v) is 3.85. The van der Waals surface area contributed by atoms with Crippen LogP contribution in [0.4, 0.5) is 8.78 Å². The van der Waals surface area contributed by atoms with Gasteiger partial charge in [-0.15, -0.1) is 0 Å². The maximum Gasteiger partial charge on any atom is 0.259 e. The third-order valence-electron chi connectivity index (χ3n) is 3.85. The number of halogens is 2. The van der Waals surface area contributed by atoms with Crippen molar-refractivity contribution in [2.24, 2.45) is 0 Å². The molecule has 1 unspecified atom stereocenters. The van der Waals surface area contributed by atoms with Gasteiger partial charge in [-0.25, -0.2) is 8.78 Å². The second kappa shape index (κ2) is 5.48. The summed E-state index contributed by atoms with van der Waals surface area (Å²) in [6.45, 7) is 3.92. The standard InChI is InChI=1S/C15H19F2NO2/c1-10-4-5-11(16)12(13(10)17)14(19)18-8-3-6-15(2,20)7-9-18/h4-5,20H,3,6-9H2,1-2H3. The average Bonchev–Trinajstić information content (AvgIpc) is 2.55. The fourth-order valence-corrected chi connectivity index (χ4v) is 2.48. The first-order valence-corrected chi connectivity index (χ1v) is 6.78. The van der Waals surface area contributed by atoms with E-state index in [4.69, 9.17) is 0 Å². The van der Waals surface area contributed by atoms with Gasteiger partial charge in [-0.3, -0.25) is 4.79 Å². The quantitative estimate of drug-likeness (QED) is 0.860. The first-order chi connectivity index (χ1) is 9.32. The number of likely N-dealkylation sites (tertiary alicyclic amines) is 1. The van der Waals surface area contributed by atoms with Crippen molar-refractivity contribution in [2.45, 2.75) is 38.7 Å². The van der Waals surface area contributed by atoms with Crippen molar-refractivity contribution in [3.8, 4) is 0 Å². The third kappa shape index (κ3) is 2.98. The molecule has 1 amide bonds. The van der Waals surface area contributed by atoms with Gasteiger partial charge in [-0.1, -0.05) is 6.07 Å². The number of benzene rings is 1. The van der Waals surface area contributed by atoms with Crippen LogP contribution in [0.5, 0.6) is 0 Å². The molecule has 3 nitrogen and oxygen atoms in total. The van der Waals surface area contributed by atoms with Crippen LogP contribution in [-0.2, 0) is 0 Å². The number of amides is 1. The molecule has 0 spiro atoms. The molecule has 20 heavy (non-hydrogen) atoms. The molecule has 1 atom stereocenters. The number of hydrogen-bond acceptors (Lipinski definition) is 2. The van der Waals surface area contributed by atoms with Crippen LogP contribution >= 0.6 is 0 Å². The first-order valence-electron chi connectivity index (χ1n) is 6.78. The van der Waals surface area contributed by atoms with Gasteiger partial charge >= 0.3 is 0 Å². The zero-order valence-corrected chi connectivity index (χ0v) is 11.7. The Morgan fingerprint density at radius 1 is 1.30 bits per heavy atom. The lowest BCUT2D eigenvalue weighted by molar-refractivity contribution is 0.0437. The van der Waals surface area contributed by atoms with E-state index in [9.17, 15) is 18.7 Å². The molecule has 0 radical (unpaired) electrons. The Morgan fingerprint density at radius 3 is 2.70 bits per heavy atom. The minimum absolute atomic E-state index is 0.247. The van der Waals surface area contributed by atoms with Crippen LogP contribution in [0, 0.1) is 18.6 Å². The van der Waals surface area contributed by atoms with E-state index >= 15 is 0 Å². The lowest BCUT2D eigenvalue weighted by atomic mass is 9.98. The summed E-state index contributed by atoms with van der Waals surface area (Å²) in [6, 6.07) is 2.42. The number of aliphatic hydroxyl groups is 1. The van der Waals surface area contributed by atoms with Gasteiger partial charge < -0.3 is 10.0 Å². The Labute approximate surface area is 117 Å². The van der Waals surface area contributed by atoms with Crippen molar-refractivity contribution in [1.82, 2.24) is 4.90 Å². The summed E-state index contributed by atoms with van der Waals surface area (Å²) in [6.07, 6.45) is 1.61. The van der Waals surface area contributed by atoms with E-state index in [0.717, 1.165) is 6.07 Å². The summed E-state index contributed by atoms with van der Waals surface area (Å²) in [5.74, 6) is -2.28. The molecule has 0 bridgehead atoms. The topological polar surface area (TPSA) is 40.5 Å². The van der Waals surface area contributed by atoms with E-state index in [-0.39, 0.29) is 5.56 Å². The van der Waals surface area contributed by atoms with Gasteiger partial charge in [0.2, 0.25) is 0 Å². The Morgan fingerprint density at radius 2 is 2.00 bits per heavy atom. The van der Waals surface area contributed by atoms with Crippen molar-refractivity contribution in [3.05, 3.63) is 34.9 Å². The average molecular weight is 283 g/mol. The molecule has 110 valence electrons. The zero-order chi connectivity index (χ0) is 14.9. The lowest BCUT2D eigenvalue weighted by Gasteiger charge is -2.23. The monoisotopic (exact) mass is 283 g/mol. The highest BCUT2D eigenvalue weighted by Gasteiger charge is 2.30. The van der Waals surface area contributed by atoms with Crippen LogP contribution in [0.25, 0.3) is 0 Å². The van der Waals surface area contributed by atoms with Gasteiger partial charge in [-0.2, -0.15) is 0 Å². The molecule has 1 aromatic carbocycles. The second-order valence-electron chi connectivity index (χ2n) is 5.70. The zero-order valence-electron chi connectivity index (χ0n) is 11.7. The van der Waals surface area contributed by atoms with E-state index in [2.05, 4.69) is 0 Å². The van der Waals surface area contributed by atoms with Crippen molar-refractivity contribution >= 4 is 5.91 Å². The Balaban J connectivity index is 2.26. The highest BCUT2D eigenvalue weighted by molar-refractivity contribution is 5.95. The Hall–Kier alpha value is -1.49. The van der Waals surface area contributed by atoms with Gasteiger partial charge in [0.05, 0.1) is 5.60 Å². The van der Waals surface area contributed by atoms with E-state index in [1.807, 2.05) is 0 Å². The Kier molecular flexibility index (Phi) is 4.09. The number of nitrogens with zero attached hydrogens (tertiary/aromatic N) is 1. The number of rotatable bonds is 1. The molecule has 5 heteroatoms. The summed E-state index contributed by atoms with van der Waals surface area (Å²) in [7, 11) is 0. The van der Waals surface area contributed by atoms with Crippen LogP contribution in [0.2, 0.25) is 0 Å². The molecule has 1 saturated heterocycles. The molecular weight excluding hydrogens is 264 g/mol. The fraction of sp³-hybridized carbons (Fsp3) is 0.533. The summed E-state index contributed by atoms with van der Waals surface area (Å²) in [5, 5.41) is 9.99. The summed E-state index contributed by atoms with van der Waals surface area (Å²) < 4.78 is 27.7. The normalized spacial score (nSPS) is 23.6. The predicted molar refractivity (Wildman–Crippen MR) is 71.5 cm³/mol. The van der Waals surface area contributed by atoms with Crippen molar-refractivity contribution in [2.75, 3.05) is 13.1 Å². The minimum atomic E-state index is -0.839. The molecule has 1 N–H and O–H groups in total. The molecule has 1 heterocycles. The number of aryl methyl sites for hydroxylation is 1. The van der Waals surface area contributed by atoms with Crippen molar-refractivity contribution in [1.29, 1.82) is 0 Å². The largest absolute Gasteiger partial charge is 0.390 e. The maximum atomic E-state index is 14.0. The van der Waals surface area contributed by atoms with Crippen molar-refractivity contribution < 1.29 is 18.7 Å². The Bertz CT molecular complexity index is 529. The summed E-state index contributed by atoms with van der Waals surface area (Å²) in [5.41, 5.74) is -1.07. The molecule has 0 aliphatic carbocycles. The lowest BCUT2D eigenvalue weighted by Crippen LogP contribution is -2.34.